The molecule has 0 aromatic heterocycles. The summed E-state index contributed by atoms with van der Waals surface area (Å²) in [5, 5.41) is 0. The Balaban J connectivity index is 2.65. The van der Waals surface area contributed by atoms with E-state index in [2.05, 4.69) is 0 Å². The molecule has 1 aliphatic rings. The van der Waals surface area contributed by atoms with Gasteiger partial charge >= 0.3 is 19.1 Å². The first-order chi connectivity index (χ1) is 6.61. The average Bonchev–Trinajstić information content (AvgIpc) is 2.00. The molecule has 1 aliphatic heterocycles. The molecule has 5 nitrogen and oxygen atoms in total. The first kappa shape index (κ1) is 11.5. The van der Waals surface area contributed by atoms with Gasteiger partial charge in [-0.2, -0.15) is 0 Å². The molecule has 0 bridgehead atoms. The van der Waals surface area contributed by atoms with Gasteiger partial charge in [-0.1, -0.05) is 22.6 Å². The van der Waals surface area contributed by atoms with Crippen molar-refractivity contribution in [2.24, 2.45) is 0 Å². The number of carbonyl (C=O) groups excluding carboxylic acids is 2. The molecule has 0 amide bonds. The van der Waals surface area contributed by atoms with Crippen molar-refractivity contribution in [3.8, 4) is 0 Å². The van der Waals surface area contributed by atoms with Crippen LogP contribution in [0.15, 0.2) is 10.1 Å². The molecule has 7 heteroatoms. The second-order valence-corrected chi connectivity index (χ2v) is 3.56. The van der Waals surface area contributed by atoms with Crippen LogP contribution in [0.1, 0.15) is 0 Å². The highest BCUT2D eigenvalue weighted by Gasteiger charge is 2.28. The van der Waals surface area contributed by atoms with E-state index in [1.807, 2.05) is 22.6 Å². The summed E-state index contributed by atoms with van der Waals surface area (Å²) in [6.07, 6.45) is 0. The third-order valence-electron chi connectivity index (χ3n) is 1.52. The topological polar surface area (TPSA) is 55.8 Å². The van der Waals surface area contributed by atoms with Gasteiger partial charge in [0.25, 0.3) is 0 Å². The monoisotopic (exact) mass is 309 g/mol. The molecule has 1 saturated heterocycles. The van der Waals surface area contributed by atoms with Crippen LogP contribution in [0.2, 0.25) is 0 Å². The third kappa shape index (κ3) is 3.66. The van der Waals surface area contributed by atoms with Crippen LogP contribution >= 0.6 is 22.6 Å². The van der Waals surface area contributed by atoms with Crippen molar-refractivity contribution in [1.29, 1.82) is 0 Å². The average molecular weight is 309 g/mol. The van der Waals surface area contributed by atoms with Crippen LogP contribution < -0.4 is 0 Å². The summed E-state index contributed by atoms with van der Waals surface area (Å²) in [6.45, 7) is 0.196. The van der Waals surface area contributed by atoms with E-state index in [-0.39, 0.29) is 13.1 Å². The predicted octanol–water partition coefficient (Wildman–Crippen LogP) is -0.00570. The fourth-order valence-electron chi connectivity index (χ4n) is 0.992. The zero-order valence-corrected chi connectivity index (χ0v) is 9.76. The van der Waals surface area contributed by atoms with E-state index in [0.29, 0.717) is 0 Å². The van der Waals surface area contributed by atoms with Gasteiger partial charge in [0.2, 0.25) is 0 Å². The van der Waals surface area contributed by atoms with E-state index in [1.165, 1.54) is 10.9 Å². The predicted molar refractivity (Wildman–Crippen MR) is 58.6 cm³/mol. The quantitative estimate of drug-likeness (QED) is 0.504. The molecule has 0 aliphatic carbocycles. The second-order valence-electron chi connectivity index (χ2n) is 2.84. The maximum Gasteiger partial charge on any atom is 0.629 e. The number of rotatable bonds is 1. The van der Waals surface area contributed by atoms with Crippen molar-refractivity contribution in [3.05, 3.63) is 10.1 Å². The van der Waals surface area contributed by atoms with Crippen LogP contribution in [0.25, 0.3) is 0 Å². The van der Waals surface area contributed by atoms with E-state index < -0.39 is 19.1 Å². The van der Waals surface area contributed by atoms with Crippen LogP contribution in [0.3, 0.4) is 0 Å². The van der Waals surface area contributed by atoms with Gasteiger partial charge in [0.1, 0.15) is 0 Å². The molecule has 0 unspecified atom stereocenters. The lowest BCUT2D eigenvalue weighted by atomic mass is 9.90. The summed E-state index contributed by atoms with van der Waals surface area (Å²) in [5.41, 5.74) is 0. The van der Waals surface area contributed by atoms with Crippen LogP contribution in [-0.4, -0.2) is 44.1 Å². The highest BCUT2D eigenvalue weighted by molar-refractivity contribution is 14.1. The molecule has 0 radical (unpaired) electrons. The van der Waals surface area contributed by atoms with Crippen molar-refractivity contribution < 1.29 is 18.9 Å². The van der Waals surface area contributed by atoms with Gasteiger partial charge in [-0.05, 0) is 17.1 Å². The maximum atomic E-state index is 11.1. The molecular weight excluding hydrogens is 300 g/mol. The van der Waals surface area contributed by atoms with Crippen molar-refractivity contribution in [3.63, 3.8) is 0 Å². The fourth-order valence-corrected chi connectivity index (χ4v) is 1.33. The molecule has 76 valence electrons. The number of nitrogens with zero attached hydrogens (tertiary/aromatic N) is 1. The number of likely N-dealkylation sites (N-methyl/N-ethyl adjacent to an activating group) is 1. The molecule has 0 N–H and O–H groups in total. The molecule has 0 aromatic rings. The number of hydrogen-bond donors (Lipinski definition) is 0. The molecular formula is C7H9BINO4. The van der Waals surface area contributed by atoms with Gasteiger partial charge in [0.05, 0.1) is 13.1 Å². The zero-order valence-electron chi connectivity index (χ0n) is 7.60. The Bertz CT molecular complexity index is 250. The standard InChI is InChI=1S/C7H9BINO4/c1-10-4-6(11)13-8(2-3-9)14-7(12)5-10/h2-3H,4-5H2,1H3/b3-2+. The molecule has 0 spiro atoms. The van der Waals surface area contributed by atoms with Crippen molar-refractivity contribution in [2.45, 2.75) is 0 Å². The number of hydrogen-bond acceptors (Lipinski definition) is 5. The summed E-state index contributed by atoms with van der Waals surface area (Å²) in [4.78, 5) is 23.8. The highest BCUT2D eigenvalue weighted by Crippen LogP contribution is 2.02. The van der Waals surface area contributed by atoms with Gasteiger partial charge in [-0.25, -0.2) is 0 Å². The molecule has 0 aromatic carbocycles. The van der Waals surface area contributed by atoms with Crippen molar-refractivity contribution >= 4 is 41.6 Å². The van der Waals surface area contributed by atoms with E-state index >= 15 is 0 Å². The van der Waals surface area contributed by atoms with Crippen molar-refractivity contribution in [1.82, 2.24) is 4.90 Å². The molecule has 0 atom stereocenters. The summed E-state index contributed by atoms with van der Waals surface area (Å²) >= 11 is 1.96. The lowest BCUT2D eigenvalue weighted by Crippen LogP contribution is -2.41. The van der Waals surface area contributed by atoms with Gasteiger partial charge in [0, 0.05) is 0 Å². The Labute approximate surface area is 95.7 Å². The Morgan fingerprint density at radius 2 is 1.86 bits per heavy atom. The van der Waals surface area contributed by atoms with Crippen LogP contribution in [0.5, 0.6) is 0 Å². The zero-order chi connectivity index (χ0) is 10.6. The van der Waals surface area contributed by atoms with Crippen LogP contribution in [-0.2, 0) is 18.9 Å². The lowest BCUT2D eigenvalue weighted by molar-refractivity contribution is -0.145. The van der Waals surface area contributed by atoms with Gasteiger partial charge in [-0.15, -0.1) is 0 Å². The van der Waals surface area contributed by atoms with Crippen LogP contribution in [0.4, 0.5) is 0 Å². The summed E-state index contributed by atoms with van der Waals surface area (Å²) < 4.78 is 11.3. The van der Waals surface area contributed by atoms with E-state index in [1.54, 1.807) is 11.1 Å². The number of carbonyl (C=O) groups is 2. The lowest BCUT2D eigenvalue weighted by Gasteiger charge is -2.20. The maximum absolute atomic E-state index is 11.1. The fraction of sp³-hybridized carbons (Fsp3) is 0.429. The smallest absolute Gasteiger partial charge is 0.495 e. The first-order valence-electron chi connectivity index (χ1n) is 3.96. The molecule has 0 saturated carbocycles. The molecule has 1 rings (SSSR count). The largest absolute Gasteiger partial charge is 0.629 e. The number of halogens is 1. The molecule has 1 heterocycles. The Morgan fingerprint density at radius 3 is 2.29 bits per heavy atom. The summed E-state index contributed by atoms with van der Waals surface area (Å²) in [5.74, 6) is 0.695. The second kappa shape index (κ2) is 5.35. The minimum atomic E-state index is -0.888. The Kier molecular flexibility index (Phi) is 4.40. The van der Waals surface area contributed by atoms with E-state index in [0.717, 1.165) is 0 Å². The SMILES string of the molecule is CN1CC(=O)OB(/C=C/I)OC(=O)C1. The van der Waals surface area contributed by atoms with Gasteiger partial charge in [0.15, 0.2) is 0 Å². The minimum Gasteiger partial charge on any atom is -0.495 e. The summed E-state index contributed by atoms with van der Waals surface area (Å²) in [6, 6.07) is 0. The minimum absolute atomic E-state index is 0.0979. The molecule has 1 fully saturated rings. The normalized spacial score (nSPS) is 20.3. The van der Waals surface area contributed by atoms with Gasteiger partial charge in [-0.3, -0.25) is 14.5 Å². The third-order valence-corrected chi connectivity index (χ3v) is 1.94. The van der Waals surface area contributed by atoms with E-state index in [9.17, 15) is 9.59 Å². The van der Waals surface area contributed by atoms with E-state index in [4.69, 9.17) is 9.31 Å². The Hall–Kier alpha value is -0.565. The Morgan fingerprint density at radius 1 is 1.36 bits per heavy atom. The van der Waals surface area contributed by atoms with Gasteiger partial charge < -0.3 is 9.31 Å². The van der Waals surface area contributed by atoms with Crippen molar-refractivity contribution in [2.75, 3.05) is 20.1 Å². The first-order valence-corrected chi connectivity index (χ1v) is 5.21. The van der Waals surface area contributed by atoms with Crippen LogP contribution in [0, 0.1) is 0 Å². The summed E-state index contributed by atoms with van der Waals surface area (Å²) in [7, 11) is 0.761. The highest BCUT2D eigenvalue weighted by atomic mass is 127. The molecule has 14 heavy (non-hydrogen) atoms.